The first kappa shape index (κ1) is 20.3. The van der Waals surface area contributed by atoms with Crippen LogP contribution in [-0.2, 0) is 4.74 Å². The summed E-state index contributed by atoms with van der Waals surface area (Å²) in [5.41, 5.74) is 0.797. The van der Waals surface area contributed by atoms with Crippen LogP contribution in [0.4, 0.5) is 0 Å². The molecular weight excluding hydrogens is 332 g/mol. The molecule has 0 saturated carbocycles. The molecule has 0 aromatic carbocycles. The molecular formula is C19H30N4O3. The Morgan fingerprint density at radius 1 is 1.23 bits per heavy atom. The lowest BCUT2D eigenvalue weighted by atomic mass is 10.2. The van der Waals surface area contributed by atoms with E-state index in [0.717, 1.165) is 58.8 Å². The number of amides is 2. The second-order valence-electron chi connectivity index (χ2n) is 6.43. The molecule has 1 aliphatic heterocycles. The third-order valence-corrected chi connectivity index (χ3v) is 4.33. The quantitative estimate of drug-likeness (QED) is 0.719. The van der Waals surface area contributed by atoms with E-state index in [0.29, 0.717) is 12.1 Å². The molecule has 1 aliphatic rings. The maximum Gasteiger partial charge on any atom is 0.269 e. The third kappa shape index (κ3) is 6.07. The molecule has 0 atom stereocenters. The van der Waals surface area contributed by atoms with E-state index >= 15 is 0 Å². The predicted molar refractivity (Wildman–Crippen MR) is 100 cm³/mol. The number of carbonyl (C=O) groups is 2. The molecule has 2 amide bonds. The van der Waals surface area contributed by atoms with Crippen LogP contribution in [0.15, 0.2) is 18.3 Å². The van der Waals surface area contributed by atoms with E-state index in [2.05, 4.69) is 29.0 Å². The highest BCUT2D eigenvalue weighted by Gasteiger charge is 2.17. The van der Waals surface area contributed by atoms with Gasteiger partial charge in [0.1, 0.15) is 5.69 Å². The Hall–Kier alpha value is -1.99. The topological polar surface area (TPSA) is 74.8 Å². The standard InChI is InChI=1S/C19H30N4O3/c1-3-8-23(9-4-2)19(25)16-5-6-20-17(15-16)18(24)21-7-10-22-11-13-26-14-12-22/h5-6,15H,3-4,7-14H2,1-2H3,(H,21,24). The van der Waals surface area contributed by atoms with Crippen LogP contribution in [0, 0.1) is 0 Å². The van der Waals surface area contributed by atoms with E-state index in [4.69, 9.17) is 4.74 Å². The first-order valence-electron chi connectivity index (χ1n) is 9.49. The third-order valence-electron chi connectivity index (χ3n) is 4.33. The molecule has 1 saturated heterocycles. The van der Waals surface area contributed by atoms with Gasteiger partial charge in [-0.2, -0.15) is 0 Å². The van der Waals surface area contributed by atoms with Gasteiger partial charge in [0.25, 0.3) is 11.8 Å². The van der Waals surface area contributed by atoms with Crippen molar-refractivity contribution in [3.63, 3.8) is 0 Å². The summed E-state index contributed by atoms with van der Waals surface area (Å²) in [5.74, 6) is -0.288. The Morgan fingerprint density at radius 3 is 2.58 bits per heavy atom. The molecule has 1 N–H and O–H groups in total. The van der Waals surface area contributed by atoms with Crippen molar-refractivity contribution in [3.05, 3.63) is 29.6 Å². The van der Waals surface area contributed by atoms with Gasteiger partial charge < -0.3 is 15.0 Å². The fourth-order valence-corrected chi connectivity index (χ4v) is 2.97. The number of hydrogen-bond donors (Lipinski definition) is 1. The van der Waals surface area contributed by atoms with E-state index in [9.17, 15) is 9.59 Å². The van der Waals surface area contributed by atoms with Crippen LogP contribution in [0.1, 0.15) is 47.5 Å². The molecule has 0 unspecified atom stereocenters. The minimum atomic E-state index is -0.245. The minimum absolute atomic E-state index is 0.0431. The SMILES string of the molecule is CCCN(CCC)C(=O)c1ccnc(C(=O)NCCN2CCOCC2)c1. The smallest absolute Gasteiger partial charge is 0.269 e. The summed E-state index contributed by atoms with van der Waals surface area (Å²) in [7, 11) is 0. The number of hydrogen-bond acceptors (Lipinski definition) is 5. The van der Waals surface area contributed by atoms with Gasteiger partial charge in [0.05, 0.1) is 13.2 Å². The number of nitrogens with zero attached hydrogens (tertiary/aromatic N) is 3. The van der Waals surface area contributed by atoms with Crippen molar-refractivity contribution in [1.82, 2.24) is 20.1 Å². The van der Waals surface area contributed by atoms with Crippen LogP contribution in [0.2, 0.25) is 0 Å². The molecule has 1 aromatic heterocycles. The van der Waals surface area contributed by atoms with Gasteiger partial charge in [0.15, 0.2) is 0 Å². The van der Waals surface area contributed by atoms with E-state index < -0.39 is 0 Å². The lowest BCUT2D eigenvalue weighted by Crippen LogP contribution is -2.41. The minimum Gasteiger partial charge on any atom is -0.379 e. The maximum atomic E-state index is 12.7. The zero-order valence-corrected chi connectivity index (χ0v) is 15.9. The Kier molecular flexibility index (Phi) is 8.50. The van der Waals surface area contributed by atoms with Crippen molar-refractivity contribution in [2.24, 2.45) is 0 Å². The number of ether oxygens (including phenoxy) is 1. The molecule has 7 heteroatoms. The van der Waals surface area contributed by atoms with Gasteiger partial charge in [0, 0.05) is 51.0 Å². The van der Waals surface area contributed by atoms with Crippen LogP contribution in [0.25, 0.3) is 0 Å². The second kappa shape index (κ2) is 10.9. The summed E-state index contributed by atoms with van der Waals surface area (Å²) in [4.78, 5) is 33.2. The second-order valence-corrected chi connectivity index (χ2v) is 6.43. The zero-order chi connectivity index (χ0) is 18.8. The average Bonchev–Trinajstić information content (AvgIpc) is 2.68. The molecule has 0 radical (unpaired) electrons. The average molecular weight is 362 g/mol. The summed E-state index contributed by atoms with van der Waals surface area (Å²) in [6, 6.07) is 3.26. The fourth-order valence-electron chi connectivity index (χ4n) is 2.97. The Balaban J connectivity index is 1.91. The summed E-state index contributed by atoms with van der Waals surface area (Å²) in [6.45, 7) is 10.1. The molecule has 0 bridgehead atoms. The lowest BCUT2D eigenvalue weighted by Gasteiger charge is -2.26. The van der Waals surface area contributed by atoms with Crippen LogP contribution in [-0.4, -0.2) is 79.1 Å². The Labute approximate surface area is 155 Å². The first-order chi connectivity index (χ1) is 12.7. The van der Waals surface area contributed by atoms with Crippen LogP contribution >= 0.6 is 0 Å². The van der Waals surface area contributed by atoms with Gasteiger partial charge in [-0.1, -0.05) is 13.8 Å². The van der Waals surface area contributed by atoms with Crippen LogP contribution < -0.4 is 5.32 Å². The molecule has 26 heavy (non-hydrogen) atoms. The number of pyridine rings is 1. The summed E-state index contributed by atoms with van der Waals surface area (Å²) >= 11 is 0. The summed E-state index contributed by atoms with van der Waals surface area (Å²) in [6.07, 6.45) is 3.34. The van der Waals surface area contributed by atoms with Crippen LogP contribution in [0.5, 0.6) is 0 Å². The molecule has 1 aromatic rings. The van der Waals surface area contributed by atoms with Gasteiger partial charge in [0.2, 0.25) is 0 Å². The molecule has 2 heterocycles. The number of aromatic nitrogens is 1. The van der Waals surface area contributed by atoms with E-state index in [1.165, 1.54) is 6.20 Å². The fraction of sp³-hybridized carbons (Fsp3) is 0.632. The lowest BCUT2D eigenvalue weighted by molar-refractivity contribution is 0.0383. The van der Waals surface area contributed by atoms with Gasteiger partial charge in [-0.05, 0) is 25.0 Å². The highest BCUT2D eigenvalue weighted by molar-refractivity contribution is 5.98. The van der Waals surface area contributed by atoms with Crippen molar-refractivity contribution in [3.8, 4) is 0 Å². The highest BCUT2D eigenvalue weighted by atomic mass is 16.5. The predicted octanol–water partition coefficient (Wildman–Crippen LogP) is 1.41. The molecule has 0 spiro atoms. The largest absolute Gasteiger partial charge is 0.379 e. The number of rotatable bonds is 9. The number of morpholine rings is 1. The van der Waals surface area contributed by atoms with E-state index in [1.807, 2.05) is 4.90 Å². The Morgan fingerprint density at radius 2 is 1.92 bits per heavy atom. The maximum absolute atomic E-state index is 12.7. The van der Waals surface area contributed by atoms with E-state index in [-0.39, 0.29) is 17.5 Å². The van der Waals surface area contributed by atoms with Gasteiger partial charge in [-0.15, -0.1) is 0 Å². The number of nitrogens with one attached hydrogen (secondary N) is 1. The van der Waals surface area contributed by atoms with Crippen molar-refractivity contribution in [2.45, 2.75) is 26.7 Å². The van der Waals surface area contributed by atoms with Gasteiger partial charge in [-0.3, -0.25) is 19.5 Å². The molecule has 7 nitrogen and oxygen atoms in total. The monoisotopic (exact) mass is 362 g/mol. The van der Waals surface area contributed by atoms with E-state index in [1.54, 1.807) is 12.1 Å². The Bertz CT molecular complexity index is 582. The normalized spacial score (nSPS) is 14.8. The molecule has 2 rings (SSSR count). The van der Waals surface area contributed by atoms with Crippen LogP contribution in [0.3, 0.4) is 0 Å². The van der Waals surface area contributed by atoms with Crippen molar-refractivity contribution in [1.29, 1.82) is 0 Å². The summed E-state index contributed by atoms with van der Waals surface area (Å²) < 4.78 is 5.31. The van der Waals surface area contributed by atoms with Gasteiger partial charge >= 0.3 is 0 Å². The molecule has 0 aliphatic carbocycles. The summed E-state index contributed by atoms with van der Waals surface area (Å²) in [5, 5.41) is 2.88. The van der Waals surface area contributed by atoms with Crippen molar-refractivity contribution >= 4 is 11.8 Å². The van der Waals surface area contributed by atoms with Gasteiger partial charge in [-0.25, -0.2) is 0 Å². The van der Waals surface area contributed by atoms with Crippen molar-refractivity contribution < 1.29 is 14.3 Å². The molecule has 1 fully saturated rings. The number of carbonyl (C=O) groups excluding carboxylic acids is 2. The highest BCUT2D eigenvalue weighted by Crippen LogP contribution is 2.08. The zero-order valence-electron chi connectivity index (χ0n) is 15.9. The first-order valence-corrected chi connectivity index (χ1v) is 9.49. The van der Waals surface area contributed by atoms with Crippen molar-refractivity contribution in [2.75, 3.05) is 52.5 Å². The molecule has 144 valence electrons.